The van der Waals surface area contributed by atoms with Crippen LogP contribution in [0.2, 0.25) is 0 Å². The number of nitrogens with two attached hydrogens (primary N) is 1. The second kappa shape index (κ2) is 3.40. The van der Waals surface area contributed by atoms with Gasteiger partial charge < -0.3 is 15.8 Å². The van der Waals surface area contributed by atoms with Crippen molar-refractivity contribution in [1.29, 1.82) is 0 Å². The Morgan fingerprint density at radius 3 is 2.87 bits per heavy atom. The Kier molecular flexibility index (Phi) is 2.21. The van der Waals surface area contributed by atoms with E-state index in [1.165, 1.54) is 6.92 Å². The SMILES string of the molecule is CC(=O)C(N)c1ccc2[nH]ccc2c1O. The fraction of sp³-hybridized carbons (Fsp3) is 0.182. The molecule has 0 fully saturated rings. The summed E-state index contributed by atoms with van der Waals surface area (Å²) in [7, 11) is 0. The molecule has 0 aliphatic carbocycles. The number of benzene rings is 1. The molecule has 0 spiro atoms. The van der Waals surface area contributed by atoms with Crippen LogP contribution in [0.1, 0.15) is 18.5 Å². The molecule has 0 radical (unpaired) electrons. The number of aromatic hydroxyl groups is 1. The van der Waals surface area contributed by atoms with Gasteiger partial charge in [0.05, 0.1) is 6.04 Å². The smallest absolute Gasteiger partial charge is 0.151 e. The zero-order chi connectivity index (χ0) is 11.0. The Bertz CT molecular complexity index is 516. The minimum absolute atomic E-state index is 0.0800. The summed E-state index contributed by atoms with van der Waals surface area (Å²) in [5.41, 5.74) is 6.97. The highest BCUT2D eigenvalue weighted by molar-refractivity contribution is 5.90. The van der Waals surface area contributed by atoms with E-state index < -0.39 is 6.04 Å². The van der Waals surface area contributed by atoms with Gasteiger partial charge in [-0.05, 0) is 19.1 Å². The number of carbonyl (C=O) groups excluding carboxylic acids is 1. The van der Waals surface area contributed by atoms with Crippen LogP contribution < -0.4 is 5.73 Å². The molecule has 1 atom stereocenters. The molecule has 0 aliphatic heterocycles. The van der Waals surface area contributed by atoms with Crippen LogP contribution in [0.15, 0.2) is 24.4 Å². The number of Topliss-reactive ketones (excluding diaryl/α,β-unsaturated/α-hetero) is 1. The molecule has 0 saturated carbocycles. The summed E-state index contributed by atoms with van der Waals surface area (Å²) >= 11 is 0. The third-order valence-corrected chi connectivity index (χ3v) is 2.51. The zero-order valence-electron chi connectivity index (χ0n) is 8.32. The van der Waals surface area contributed by atoms with Crippen molar-refractivity contribution < 1.29 is 9.90 Å². The molecule has 4 heteroatoms. The van der Waals surface area contributed by atoms with Crippen LogP contribution in [-0.4, -0.2) is 15.9 Å². The summed E-state index contributed by atoms with van der Waals surface area (Å²) in [6.07, 6.45) is 1.73. The molecule has 78 valence electrons. The van der Waals surface area contributed by atoms with Crippen LogP contribution in [-0.2, 0) is 4.79 Å². The molecule has 4 N–H and O–H groups in total. The van der Waals surface area contributed by atoms with Crippen molar-refractivity contribution in [2.45, 2.75) is 13.0 Å². The minimum Gasteiger partial charge on any atom is -0.507 e. The predicted octanol–water partition coefficient (Wildman–Crippen LogP) is 1.46. The molecule has 2 aromatic rings. The number of aromatic amines is 1. The van der Waals surface area contributed by atoms with E-state index in [1.54, 1.807) is 24.4 Å². The number of hydrogen-bond donors (Lipinski definition) is 3. The van der Waals surface area contributed by atoms with E-state index in [0.29, 0.717) is 10.9 Å². The molecule has 1 aromatic carbocycles. The lowest BCUT2D eigenvalue weighted by Gasteiger charge is -2.10. The minimum atomic E-state index is -0.760. The first-order valence-corrected chi connectivity index (χ1v) is 4.66. The largest absolute Gasteiger partial charge is 0.507 e. The van der Waals surface area contributed by atoms with Gasteiger partial charge in [-0.25, -0.2) is 0 Å². The molecular formula is C11H12N2O2. The summed E-state index contributed by atoms with van der Waals surface area (Å²) < 4.78 is 0. The molecular weight excluding hydrogens is 192 g/mol. The van der Waals surface area contributed by atoms with E-state index in [9.17, 15) is 9.90 Å². The number of ketones is 1. The summed E-state index contributed by atoms with van der Waals surface area (Å²) in [4.78, 5) is 14.1. The van der Waals surface area contributed by atoms with Crippen molar-refractivity contribution >= 4 is 16.7 Å². The first-order valence-electron chi connectivity index (χ1n) is 4.66. The molecule has 1 aromatic heterocycles. The number of phenolic OH excluding ortho intramolecular Hbond substituents is 1. The van der Waals surface area contributed by atoms with Crippen LogP contribution >= 0.6 is 0 Å². The van der Waals surface area contributed by atoms with Crippen molar-refractivity contribution in [3.05, 3.63) is 30.0 Å². The van der Waals surface area contributed by atoms with Gasteiger partial charge in [-0.2, -0.15) is 0 Å². The van der Waals surface area contributed by atoms with E-state index in [1.807, 2.05) is 0 Å². The Hall–Kier alpha value is -1.81. The van der Waals surface area contributed by atoms with Gasteiger partial charge in [-0.15, -0.1) is 0 Å². The lowest BCUT2D eigenvalue weighted by Crippen LogP contribution is -2.18. The van der Waals surface area contributed by atoms with Gasteiger partial charge in [0.2, 0.25) is 0 Å². The predicted molar refractivity (Wildman–Crippen MR) is 57.6 cm³/mol. The van der Waals surface area contributed by atoms with Gasteiger partial charge in [0, 0.05) is 22.7 Å². The third-order valence-electron chi connectivity index (χ3n) is 2.51. The number of carbonyl (C=O) groups is 1. The van der Waals surface area contributed by atoms with Gasteiger partial charge in [0.15, 0.2) is 5.78 Å². The van der Waals surface area contributed by atoms with Gasteiger partial charge in [-0.3, -0.25) is 4.79 Å². The van der Waals surface area contributed by atoms with Crippen LogP contribution in [0.5, 0.6) is 5.75 Å². The topological polar surface area (TPSA) is 79.1 Å². The van der Waals surface area contributed by atoms with Crippen molar-refractivity contribution in [3.63, 3.8) is 0 Å². The van der Waals surface area contributed by atoms with E-state index >= 15 is 0 Å². The van der Waals surface area contributed by atoms with Crippen LogP contribution in [0, 0.1) is 0 Å². The van der Waals surface area contributed by atoms with Gasteiger partial charge >= 0.3 is 0 Å². The third kappa shape index (κ3) is 1.49. The number of fused-ring (bicyclic) bond motifs is 1. The first-order chi connectivity index (χ1) is 7.11. The summed E-state index contributed by atoms with van der Waals surface area (Å²) in [5, 5.41) is 10.6. The second-order valence-electron chi connectivity index (χ2n) is 3.53. The molecule has 0 aliphatic rings. The molecule has 0 amide bonds. The zero-order valence-corrected chi connectivity index (χ0v) is 8.32. The Morgan fingerprint density at radius 2 is 2.20 bits per heavy atom. The highest BCUT2D eigenvalue weighted by Gasteiger charge is 2.17. The second-order valence-corrected chi connectivity index (χ2v) is 3.53. The van der Waals surface area contributed by atoms with E-state index in [-0.39, 0.29) is 11.5 Å². The molecule has 1 unspecified atom stereocenters. The van der Waals surface area contributed by atoms with Crippen molar-refractivity contribution in [2.24, 2.45) is 5.73 Å². The quantitative estimate of drug-likeness (QED) is 0.692. The lowest BCUT2D eigenvalue weighted by atomic mass is 10.0. The van der Waals surface area contributed by atoms with E-state index in [2.05, 4.69) is 4.98 Å². The molecule has 4 nitrogen and oxygen atoms in total. The number of H-pyrrole nitrogens is 1. The van der Waals surface area contributed by atoms with Crippen molar-refractivity contribution in [3.8, 4) is 5.75 Å². The molecule has 0 saturated heterocycles. The van der Waals surface area contributed by atoms with Gasteiger partial charge in [-0.1, -0.05) is 6.07 Å². The summed E-state index contributed by atoms with van der Waals surface area (Å²) in [6.45, 7) is 1.41. The van der Waals surface area contributed by atoms with Gasteiger partial charge in [0.25, 0.3) is 0 Å². The maximum atomic E-state index is 11.1. The van der Waals surface area contributed by atoms with Gasteiger partial charge in [0.1, 0.15) is 5.75 Å². The van der Waals surface area contributed by atoms with Crippen LogP contribution in [0.3, 0.4) is 0 Å². The van der Waals surface area contributed by atoms with Crippen molar-refractivity contribution in [2.75, 3.05) is 0 Å². The monoisotopic (exact) mass is 204 g/mol. The molecule has 1 heterocycles. The fourth-order valence-corrected chi connectivity index (χ4v) is 1.60. The number of rotatable bonds is 2. The molecule has 0 bridgehead atoms. The number of nitrogens with one attached hydrogen (secondary N) is 1. The first kappa shape index (κ1) is 9.73. The average Bonchev–Trinajstić information content (AvgIpc) is 2.66. The number of aromatic nitrogens is 1. The maximum absolute atomic E-state index is 11.1. The average molecular weight is 204 g/mol. The number of hydrogen-bond acceptors (Lipinski definition) is 3. The summed E-state index contributed by atoms with van der Waals surface area (Å²) in [5.74, 6) is -0.0864. The maximum Gasteiger partial charge on any atom is 0.151 e. The Morgan fingerprint density at radius 1 is 1.47 bits per heavy atom. The highest BCUT2D eigenvalue weighted by atomic mass is 16.3. The standard InChI is InChI=1S/C11H12N2O2/c1-6(14)10(12)8-2-3-9-7(11(8)15)4-5-13-9/h2-5,10,13,15H,12H2,1H3. The lowest BCUT2D eigenvalue weighted by molar-refractivity contribution is -0.118. The van der Waals surface area contributed by atoms with E-state index in [4.69, 9.17) is 5.73 Å². The van der Waals surface area contributed by atoms with Crippen molar-refractivity contribution in [1.82, 2.24) is 4.98 Å². The molecule has 2 rings (SSSR count). The fourth-order valence-electron chi connectivity index (χ4n) is 1.60. The van der Waals surface area contributed by atoms with Crippen LogP contribution in [0.4, 0.5) is 0 Å². The Labute approximate surface area is 86.7 Å². The highest BCUT2D eigenvalue weighted by Crippen LogP contribution is 2.31. The number of phenols is 1. The van der Waals surface area contributed by atoms with E-state index in [0.717, 1.165) is 5.52 Å². The molecule has 15 heavy (non-hydrogen) atoms. The van der Waals surface area contributed by atoms with Crippen LogP contribution in [0.25, 0.3) is 10.9 Å². The Balaban J connectivity index is 2.62. The summed E-state index contributed by atoms with van der Waals surface area (Å²) in [6, 6.07) is 4.46. The normalized spacial score (nSPS) is 12.9.